The van der Waals surface area contributed by atoms with Crippen molar-refractivity contribution in [3.05, 3.63) is 87.8 Å². The molecule has 10 heteroatoms. The maximum Gasteiger partial charge on any atom is 0.264 e. The lowest BCUT2D eigenvalue weighted by molar-refractivity contribution is 0.626. The number of H-pyrrole nitrogens is 1. The van der Waals surface area contributed by atoms with E-state index < -0.39 is 23.2 Å². The lowest BCUT2D eigenvalue weighted by atomic mass is 10.0. The SMILES string of the molecule is CC[C@@H](Nc1ncnc2nc[nH]c12)c1cc2ccc(F)c(Cl)c2c(=O)n1-c1ccc(F)cc1. The number of nitrogens with zero attached hydrogens (tertiary/aromatic N) is 4. The van der Waals surface area contributed by atoms with Crippen LogP contribution < -0.4 is 10.9 Å². The van der Waals surface area contributed by atoms with Gasteiger partial charge in [0, 0.05) is 11.4 Å². The Morgan fingerprint density at radius 2 is 1.91 bits per heavy atom. The minimum absolute atomic E-state index is 0.0533. The van der Waals surface area contributed by atoms with Gasteiger partial charge in [-0.25, -0.2) is 23.7 Å². The lowest BCUT2D eigenvalue weighted by Crippen LogP contribution is -2.27. The molecule has 0 fully saturated rings. The maximum absolute atomic E-state index is 14.2. The summed E-state index contributed by atoms with van der Waals surface area (Å²) in [5.74, 6) is -0.613. The topological polar surface area (TPSA) is 88.5 Å². The van der Waals surface area contributed by atoms with Crippen molar-refractivity contribution in [1.29, 1.82) is 0 Å². The monoisotopic (exact) mass is 466 g/mol. The predicted molar refractivity (Wildman–Crippen MR) is 123 cm³/mol. The fourth-order valence-electron chi connectivity index (χ4n) is 3.89. The molecule has 2 aromatic carbocycles. The van der Waals surface area contributed by atoms with E-state index in [0.29, 0.717) is 40.2 Å². The van der Waals surface area contributed by atoms with E-state index >= 15 is 0 Å². The van der Waals surface area contributed by atoms with Gasteiger partial charge in [0.15, 0.2) is 11.5 Å². The van der Waals surface area contributed by atoms with E-state index in [4.69, 9.17) is 11.6 Å². The van der Waals surface area contributed by atoms with Crippen molar-refractivity contribution in [3.63, 3.8) is 0 Å². The van der Waals surface area contributed by atoms with E-state index in [1.54, 1.807) is 6.07 Å². The first kappa shape index (κ1) is 21.0. The second-order valence-electron chi connectivity index (χ2n) is 7.44. The summed E-state index contributed by atoms with van der Waals surface area (Å²) >= 11 is 6.17. The molecule has 0 unspecified atom stereocenters. The van der Waals surface area contributed by atoms with Crippen molar-refractivity contribution in [2.45, 2.75) is 19.4 Å². The van der Waals surface area contributed by atoms with Crippen LogP contribution in [0.4, 0.5) is 14.6 Å². The summed E-state index contributed by atoms with van der Waals surface area (Å²) in [6.45, 7) is 1.95. The van der Waals surface area contributed by atoms with Crippen LogP contribution in [0.3, 0.4) is 0 Å². The average Bonchev–Trinajstić information content (AvgIpc) is 3.30. The Morgan fingerprint density at radius 3 is 2.67 bits per heavy atom. The average molecular weight is 467 g/mol. The van der Waals surface area contributed by atoms with Gasteiger partial charge in [0.2, 0.25) is 0 Å². The van der Waals surface area contributed by atoms with Crippen LogP contribution in [0, 0.1) is 11.6 Å². The van der Waals surface area contributed by atoms with Gasteiger partial charge >= 0.3 is 0 Å². The van der Waals surface area contributed by atoms with Gasteiger partial charge in [-0.2, -0.15) is 0 Å². The van der Waals surface area contributed by atoms with Gasteiger partial charge in [-0.1, -0.05) is 24.6 Å². The van der Waals surface area contributed by atoms with Crippen LogP contribution in [0.5, 0.6) is 0 Å². The minimum Gasteiger partial charge on any atom is -0.360 e. The molecule has 5 aromatic rings. The standard InChI is InChI=1S/C23H17ClF2N6O/c1-2-16(31-22-20-21(28-10-27-20)29-11-30-22)17-9-12-3-8-15(26)19(24)18(12)23(33)32(17)14-6-4-13(25)5-7-14/h3-11,16H,2H2,1H3,(H2,27,28,29,30,31)/t16-/m1/s1. The number of fused-ring (bicyclic) bond motifs is 2. The fraction of sp³-hybridized carbons (Fsp3) is 0.130. The van der Waals surface area contributed by atoms with Crippen molar-refractivity contribution in [3.8, 4) is 5.69 Å². The van der Waals surface area contributed by atoms with Crippen molar-refractivity contribution in [1.82, 2.24) is 24.5 Å². The first-order chi connectivity index (χ1) is 16.0. The van der Waals surface area contributed by atoms with Gasteiger partial charge in [-0.3, -0.25) is 9.36 Å². The first-order valence-corrected chi connectivity index (χ1v) is 10.6. The van der Waals surface area contributed by atoms with Crippen LogP contribution in [0.15, 0.2) is 59.9 Å². The van der Waals surface area contributed by atoms with Gasteiger partial charge in [0.25, 0.3) is 5.56 Å². The molecular formula is C23H17ClF2N6O. The molecule has 3 heterocycles. The van der Waals surface area contributed by atoms with E-state index in [2.05, 4.69) is 25.3 Å². The molecule has 7 nitrogen and oxygen atoms in total. The van der Waals surface area contributed by atoms with Crippen molar-refractivity contribution < 1.29 is 8.78 Å². The molecule has 0 radical (unpaired) electrons. The molecule has 0 aliphatic heterocycles. The molecule has 3 aromatic heterocycles. The van der Waals surface area contributed by atoms with Crippen LogP contribution >= 0.6 is 11.6 Å². The van der Waals surface area contributed by atoms with Crippen molar-refractivity contribution in [2.24, 2.45) is 0 Å². The molecule has 0 saturated heterocycles. The van der Waals surface area contributed by atoms with E-state index in [-0.39, 0.29) is 10.4 Å². The Labute approximate surface area is 191 Å². The number of benzene rings is 2. The molecule has 0 spiro atoms. The molecular weight excluding hydrogens is 450 g/mol. The number of imidazole rings is 1. The normalized spacial score (nSPS) is 12.4. The van der Waals surface area contributed by atoms with Crippen LogP contribution in [-0.4, -0.2) is 24.5 Å². The highest BCUT2D eigenvalue weighted by Gasteiger charge is 2.22. The molecule has 0 saturated carbocycles. The number of anilines is 1. The summed E-state index contributed by atoms with van der Waals surface area (Å²) in [4.78, 5) is 29.2. The van der Waals surface area contributed by atoms with Gasteiger partial charge in [-0.05, 0) is 48.2 Å². The summed E-state index contributed by atoms with van der Waals surface area (Å²) in [7, 11) is 0. The molecule has 0 aliphatic rings. The Hall–Kier alpha value is -3.85. The van der Waals surface area contributed by atoms with Crippen LogP contribution in [-0.2, 0) is 0 Å². The van der Waals surface area contributed by atoms with Gasteiger partial charge in [-0.15, -0.1) is 0 Å². The first-order valence-electron chi connectivity index (χ1n) is 10.2. The third-order valence-electron chi connectivity index (χ3n) is 5.49. The molecule has 5 rings (SSSR count). The number of aromatic amines is 1. The highest BCUT2D eigenvalue weighted by molar-refractivity contribution is 6.35. The van der Waals surface area contributed by atoms with Gasteiger partial charge in [0.1, 0.15) is 23.5 Å². The summed E-state index contributed by atoms with van der Waals surface area (Å²) in [6.07, 6.45) is 3.49. The Morgan fingerprint density at radius 1 is 1.12 bits per heavy atom. The number of hydrogen-bond acceptors (Lipinski definition) is 5. The molecule has 2 N–H and O–H groups in total. The van der Waals surface area contributed by atoms with Crippen LogP contribution in [0.2, 0.25) is 5.02 Å². The number of nitrogens with one attached hydrogen (secondary N) is 2. The minimum atomic E-state index is -0.688. The summed E-state index contributed by atoms with van der Waals surface area (Å²) in [5, 5.41) is 3.64. The highest BCUT2D eigenvalue weighted by Crippen LogP contribution is 2.30. The Kier molecular flexibility index (Phi) is 5.26. The fourth-order valence-corrected chi connectivity index (χ4v) is 4.15. The number of aromatic nitrogens is 5. The molecule has 0 amide bonds. The molecule has 0 bridgehead atoms. The van der Waals surface area contributed by atoms with E-state index in [9.17, 15) is 13.6 Å². The molecule has 0 aliphatic carbocycles. The molecule has 33 heavy (non-hydrogen) atoms. The second kappa shape index (κ2) is 8.25. The smallest absolute Gasteiger partial charge is 0.264 e. The summed E-state index contributed by atoms with van der Waals surface area (Å²) in [6, 6.07) is 9.62. The zero-order valence-corrected chi connectivity index (χ0v) is 18.1. The third-order valence-corrected chi connectivity index (χ3v) is 5.86. The van der Waals surface area contributed by atoms with Gasteiger partial charge in [0.05, 0.1) is 22.8 Å². The number of halogens is 3. The van der Waals surface area contributed by atoms with Crippen molar-refractivity contribution in [2.75, 3.05) is 5.32 Å². The lowest BCUT2D eigenvalue weighted by Gasteiger charge is -2.23. The van der Waals surface area contributed by atoms with Crippen LogP contribution in [0.25, 0.3) is 27.6 Å². The number of hydrogen-bond donors (Lipinski definition) is 2. The van der Waals surface area contributed by atoms with E-state index in [1.165, 1.54) is 53.6 Å². The highest BCUT2D eigenvalue weighted by atomic mass is 35.5. The van der Waals surface area contributed by atoms with E-state index in [0.717, 1.165) is 0 Å². The quantitative estimate of drug-likeness (QED) is 0.374. The Bertz CT molecular complexity index is 1550. The zero-order valence-electron chi connectivity index (χ0n) is 17.3. The van der Waals surface area contributed by atoms with Crippen molar-refractivity contribution >= 4 is 39.4 Å². The largest absolute Gasteiger partial charge is 0.360 e. The molecule has 166 valence electrons. The van der Waals surface area contributed by atoms with E-state index in [1.807, 2.05) is 6.92 Å². The predicted octanol–water partition coefficient (Wildman–Crippen LogP) is 5.15. The van der Waals surface area contributed by atoms with Gasteiger partial charge < -0.3 is 10.3 Å². The maximum atomic E-state index is 14.2. The molecule has 1 atom stereocenters. The summed E-state index contributed by atoms with van der Waals surface area (Å²) in [5.41, 5.74) is 1.62. The zero-order chi connectivity index (χ0) is 23.1. The number of rotatable bonds is 5. The Balaban J connectivity index is 1.75. The third kappa shape index (κ3) is 3.60. The van der Waals surface area contributed by atoms with Crippen LogP contribution in [0.1, 0.15) is 25.1 Å². The second-order valence-corrected chi connectivity index (χ2v) is 7.82. The number of pyridine rings is 1. The summed E-state index contributed by atoms with van der Waals surface area (Å²) < 4.78 is 29.2.